The number of nitrogens with zero attached hydrogens (tertiary/aromatic N) is 3. The Hall–Kier alpha value is -0.420. The van der Waals surface area contributed by atoms with E-state index in [1.807, 2.05) is 11.7 Å². The van der Waals surface area contributed by atoms with Gasteiger partial charge in [-0.05, 0) is 62.0 Å². The lowest BCUT2D eigenvalue weighted by atomic mass is 9.77. The summed E-state index contributed by atoms with van der Waals surface area (Å²) in [5.74, 6) is 1.25. The van der Waals surface area contributed by atoms with Gasteiger partial charge in [0.15, 0.2) is 4.60 Å². The fourth-order valence-corrected chi connectivity index (χ4v) is 3.60. The average molecular weight is 329 g/mol. The highest BCUT2D eigenvalue weighted by atomic mass is 79.9. The van der Waals surface area contributed by atoms with Crippen LogP contribution in [0.3, 0.4) is 0 Å². The third kappa shape index (κ3) is 3.78. The van der Waals surface area contributed by atoms with Crippen LogP contribution >= 0.6 is 15.9 Å². The number of aryl methyl sites for hydroxylation is 1. The molecule has 2 rings (SSSR count). The second-order valence-electron chi connectivity index (χ2n) is 6.67. The quantitative estimate of drug-likeness (QED) is 0.926. The lowest BCUT2D eigenvalue weighted by Gasteiger charge is -2.34. The summed E-state index contributed by atoms with van der Waals surface area (Å²) in [5.41, 5.74) is 1.45. The number of hydrogen-bond acceptors (Lipinski definition) is 3. The van der Waals surface area contributed by atoms with Gasteiger partial charge < -0.3 is 5.32 Å². The molecule has 0 spiro atoms. The Labute approximate surface area is 124 Å². The lowest BCUT2D eigenvalue weighted by molar-refractivity contribution is 0.261. The zero-order valence-electron chi connectivity index (χ0n) is 12.4. The van der Waals surface area contributed by atoms with Crippen molar-refractivity contribution in [2.75, 3.05) is 6.54 Å². The summed E-state index contributed by atoms with van der Waals surface area (Å²) in [6.07, 6.45) is 5.20. The first-order valence-electron chi connectivity index (χ1n) is 7.18. The van der Waals surface area contributed by atoms with Crippen LogP contribution in [0.15, 0.2) is 4.60 Å². The molecule has 0 saturated heterocycles. The fourth-order valence-electron chi connectivity index (χ4n) is 2.98. The van der Waals surface area contributed by atoms with E-state index in [2.05, 4.69) is 52.3 Å². The largest absolute Gasteiger partial charge is 0.312 e. The molecule has 0 radical (unpaired) electrons. The molecule has 1 aliphatic carbocycles. The van der Waals surface area contributed by atoms with Gasteiger partial charge in [-0.15, -0.1) is 5.10 Å². The highest BCUT2D eigenvalue weighted by Gasteiger charge is 2.31. The summed E-state index contributed by atoms with van der Waals surface area (Å²) >= 11 is 3.56. The smallest absolute Gasteiger partial charge is 0.151 e. The van der Waals surface area contributed by atoms with Gasteiger partial charge >= 0.3 is 0 Å². The van der Waals surface area contributed by atoms with E-state index in [9.17, 15) is 0 Å². The Bertz CT molecular complexity index is 402. The molecule has 1 fully saturated rings. The van der Waals surface area contributed by atoms with Crippen LogP contribution in [-0.4, -0.2) is 27.1 Å². The Morgan fingerprint density at radius 3 is 2.58 bits per heavy atom. The second-order valence-corrected chi connectivity index (χ2v) is 7.42. The maximum atomic E-state index is 4.14. The zero-order valence-corrected chi connectivity index (χ0v) is 14.0. The third-order valence-corrected chi connectivity index (χ3v) is 4.55. The molecule has 108 valence electrons. The molecule has 0 amide bonds. The molecule has 0 aliphatic heterocycles. The highest BCUT2D eigenvalue weighted by molar-refractivity contribution is 9.10. The van der Waals surface area contributed by atoms with E-state index in [4.69, 9.17) is 0 Å². The van der Waals surface area contributed by atoms with Crippen molar-refractivity contribution in [1.29, 1.82) is 0 Å². The minimum atomic E-state index is 0.184. The van der Waals surface area contributed by atoms with Crippen LogP contribution < -0.4 is 5.32 Å². The molecule has 2 unspecified atom stereocenters. The molecule has 19 heavy (non-hydrogen) atoms. The van der Waals surface area contributed by atoms with Gasteiger partial charge in [0.1, 0.15) is 0 Å². The van der Waals surface area contributed by atoms with E-state index in [1.54, 1.807) is 0 Å². The van der Waals surface area contributed by atoms with Gasteiger partial charge in [-0.25, -0.2) is 0 Å². The van der Waals surface area contributed by atoms with Crippen molar-refractivity contribution >= 4 is 15.9 Å². The summed E-state index contributed by atoms with van der Waals surface area (Å²) in [6.45, 7) is 7.76. The second kappa shape index (κ2) is 5.92. The van der Waals surface area contributed by atoms with Gasteiger partial charge in [0.2, 0.25) is 0 Å². The van der Waals surface area contributed by atoms with E-state index >= 15 is 0 Å². The van der Waals surface area contributed by atoms with Gasteiger partial charge in [0.05, 0.1) is 5.69 Å². The van der Waals surface area contributed by atoms with Gasteiger partial charge in [-0.3, -0.25) is 4.68 Å². The lowest BCUT2D eigenvalue weighted by Crippen LogP contribution is -2.41. The molecular weight excluding hydrogens is 304 g/mol. The van der Waals surface area contributed by atoms with Crippen molar-refractivity contribution in [3.05, 3.63) is 10.3 Å². The van der Waals surface area contributed by atoms with Crippen LogP contribution in [-0.2, 0) is 7.05 Å². The Kier molecular flexibility index (Phi) is 4.66. The zero-order chi connectivity index (χ0) is 14.0. The predicted octanol–water partition coefficient (Wildman–Crippen LogP) is 3.24. The number of halogens is 1. The first-order chi connectivity index (χ1) is 8.88. The number of aromatic nitrogens is 3. The number of rotatable bonds is 3. The summed E-state index contributed by atoms with van der Waals surface area (Å²) in [5, 5.41) is 11.9. The molecule has 0 aromatic carbocycles. The Morgan fingerprint density at radius 2 is 2.00 bits per heavy atom. The molecule has 2 atom stereocenters. The summed E-state index contributed by atoms with van der Waals surface area (Å²) in [7, 11) is 2.00. The Morgan fingerprint density at radius 1 is 1.32 bits per heavy atom. The van der Waals surface area contributed by atoms with Gasteiger partial charge in [-0.2, -0.15) is 0 Å². The monoisotopic (exact) mass is 328 g/mol. The summed E-state index contributed by atoms with van der Waals surface area (Å²) < 4.78 is 2.85. The van der Waals surface area contributed by atoms with E-state index in [0.717, 1.165) is 11.1 Å². The minimum Gasteiger partial charge on any atom is -0.312 e. The topological polar surface area (TPSA) is 42.7 Å². The van der Waals surface area contributed by atoms with Crippen molar-refractivity contribution in [1.82, 2.24) is 20.3 Å². The van der Waals surface area contributed by atoms with Crippen LogP contribution in [0.4, 0.5) is 0 Å². The first-order valence-corrected chi connectivity index (χ1v) is 7.98. The van der Waals surface area contributed by atoms with E-state index in [-0.39, 0.29) is 5.54 Å². The van der Waals surface area contributed by atoms with E-state index < -0.39 is 0 Å². The molecule has 1 N–H and O–H groups in total. The highest BCUT2D eigenvalue weighted by Crippen LogP contribution is 2.39. The molecule has 1 aliphatic rings. The van der Waals surface area contributed by atoms with Crippen LogP contribution in [0.5, 0.6) is 0 Å². The van der Waals surface area contributed by atoms with Crippen LogP contribution in [0.25, 0.3) is 0 Å². The van der Waals surface area contributed by atoms with Crippen molar-refractivity contribution in [2.24, 2.45) is 13.0 Å². The molecule has 0 bridgehead atoms. The molecular formula is C14H25BrN4. The first kappa shape index (κ1) is 15.0. The third-order valence-electron chi connectivity index (χ3n) is 3.98. The van der Waals surface area contributed by atoms with Crippen molar-refractivity contribution in [2.45, 2.75) is 57.9 Å². The van der Waals surface area contributed by atoms with Crippen LogP contribution in [0, 0.1) is 5.92 Å². The Balaban J connectivity index is 2.12. The van der Waals surface area contributed by atoms with E-state index in [1.165, 1.54) is 31.4 Å². The van der Waals surface area contributed by atoms with Gasteiger partial charge in [-0.1, -0.05) is 18.1 Å². The summed E-state index contributed by atoms with van der Waals surface area (Å²) in [4.78, 5) is 0. The van der Waals surface area contributed by atoms with Crippen LogP contribution in [0.1, 0.15) is 58.1 Å². The predicted molar refractivity (Wildman–Crippen MR) is 81.2 cm³/mol. The SMILES string of the molecule is Cn1nnc(Br)c1C1CCCCC1CNC(C)(C)C. The molecule has 1 aromatic rings. The normalized spacial score (nSPS) is 24.7. The number of hydrogen-bond donors (Lipinski definition) is 1. The molecule has 1 aromatic heterocycles. The van der Waals surface area contributed by atoms with Crippen molar-refractivity contribution < 1.29 is 0 Å². The molecule has 5 heteroatoms. The molecule has 4 nitrogen and oxygen atoms in total. The van der Waals surface area contributed by atoms with Gasteiger partial charge in [0, 0.05) is 18.5 Å². The van der Waals surface area contributed by atoms with Crippen molar-refractivity contribution in [3.8, 4) is 0 Å². The van der Waals surface area contributed by atoms with Crippen molar-refractivity contribution in [3.63, 3.8) is 0 Å². The van der Waals surface area contributed by atoms with Gasteiger partial charge in [0.25, 0.3) is 0 Å². The minimum absolute atomic E-state index is 0.184. The molecule has 1 heterocycles. The van der Waals surface area contributed by atoms with E-state index in [0.29, 0.717) is 11.8 Å². The maximum absolute atomic E-state index is 4.14. The standard InChI is InChI=1S/C14H25BrN4/c1-14(2,3)16-9-10-7-5-6-8-11(10)12-13(15)17-18-19(12)4/h10-11,16H,5-9H2,1-4H3. The fraction of sp³-hybridized carbons (Fsp3) is 0.857. The summed E-state index contributed by atoms with van der Waals surface area (Å²) in [6, 6.07) is 0. The average Bonchev–Trinajstić information content (AvgIpc) is 2.66. The number of nitrogens with one attached hydrogen (secondary N) is 1. The molecule has 1 saturated carbocycles. The maximum Gasteiger partial charge on any atom is 0.151 e. The van der Waals surface area contributed by atoms with Crippen LogP contribution in [0.2, 0.25) is 0 Å².